The minimum atomic E-state index is -3.26. The lowest BCUT2D eigenvalue weighted by Gasteiger charge is -2.30. The van der Waals surface area contributed by atoms with Gasteiger partial charge < -0.3 is 15.7 Å². The summed E-state index contributed by atoms with van der Waals surface area (Å²) in [5.74, 6) is -3.18. The van der Waals surface area contributed by atoms with Gasteiger partial charge in [0.25, 0.3) is 5.91 Å². The highest BCUT2D eigenvalue weighted by Gasteiger charge is 2.28. The van der Waals surface area contributed by atoms with Crippen LogP contribution in [0, 0.1) is 11.6 Å². The standard InChI is InChI=1S/C24H28F4N2O2.ClH/c1-2-14-6-7-16-4-3-5-20(19(16)10-14)29-13-22(31)21(30-24(32)23(27)28)11-15-8-17(25)12-18(26)9-15;/h6-10,12,20-23,29,31H,2-5,11,13H2,1H3,(H,30,32);1H/t20-,21-,22+;/m0./s1. The molecular formula is C24H29ClF4N2O2. The molecule has 0 fully saturated rings. The maximum absolute atomic E-state index is 13.5. The van der Waals surface area contributed by atoms with Gasteiger partial charge in [-0.2, -0.15) is 8.78 Å². The van der Waals surface area contributed by atoms with Gasteiger partial charge in [0, 0.05) is 18.7 Å². The maximum Gasteiger partial charge on any atom is 0.315 e. The molecule has 0 bridgehead atoms. The number of rotatable bonds is 9. The minimum Gasteiger partial charge on any atom is -0.390 e. The predicted octanol–water partition coefficient (Wildman–Crippen LogP) is 4.27. The van der Waals surface area contributed by atoms with Gasteiger partial charge in [0.05, 0.1) is 12.1 Å². The molecule has 0 radical (unpaired) electrons. The molecule has 2 aromatic rings. The number of amides is 1. The number of benzene rings is 2. The normalized spacial score (nSPS) is 17.1. The lowest BCUT2D eigenvalue weighted by Crippen LogP contribution is -2.50. The first-order valence-electron chi connectivity index (χ1n) is 10.8. The number of carbonyl (C=O) groups is 1. The van der Waals surface area contributed by atoms with Gasteiger partial charge in [-0.25, -0.2) is 8.78 Å². The van der Waals surface area contributed by atoms with E-state index in [2.05, 4.69) is 35.8 Å². The Labute approximate surface area is 197 Å². The molecule has 2 aromatic carbocycles. The van der Waals surface area contributed by atoms with Crippen LogP contribution in [0.5, 0.6) is 0 Å². The summed E-state index contributed by atoms with van der Waals surface area (Å²) in [6, 6.07) is 7.99. The summed E-state index contributed by atoms with van der Waals surface area (Å²) in [6.45, 7) is 2.09. The molecule has 3 atom stereocenters. The number of halogens is 5. The summed E-state index contributed by atoms with van der Waals surface area (Å²) < 4.78 is 52.7. The number of hydrogen-bond acceptors (Lipinski definition) is 3. The molecular weight excluding hydrogens is 460 g/mol. The number of hydrogen-bond donors (Lipinski definition) is 3. The van der Waals surface area contributed by atoms with Crippen molar-refractivity contribution >= 4 is 18.3 Å². The molecule has 4 nitrogen and oxygen atoms in total. The van der Waals surface area contributed by atoms with Crippen LogP contribution in [-0.2, 0) is 24.1 Å². The third-order valence-electron chi connectivity index (χ3n) is 5.87. The van der Waals surface area contributed by atoms with Crippen LogP contribution >= 0.6 is 12.4 Å². The molecule has 3 rings (SSSR count). The van der Waals surface area contributed by atoms with Crippen molar-refractivity contribution in [1.82, 2.24) is 10.6 Å². The first-order chi connectivity index (χ1) is 15.3. The number of nitrogens with one attached hydrogen (secondary N) is 2. The van der Waals surface area contributed by atoms with Crippen molar-refractivity contribution in [3.05, 3.63) is 70.3 Å². The van der Waals surface area contributed by atoms with Crippen LogP contribution < -0.4 is 10.6 Å². The first-order valence-corrected chi connectivity index (χ1v) is 10.8. The largest absolute Gasteiger partial charge is 0.390 e. The zero-order valence-electron chi connectivity index (χ0n) is 18.3. The molecule has 1 amide bonds. The van der Waals surface area contributed by atoms with E-state index in [1.807, 2.05) is 0 Å². The van der Waals surface area contributed by atoms with E-state index in [-0.39, 0.29) is 37.0 Å². The van der Waals surface area contributed by atoms with Crippen LogP contribution in [0.2, 0.25) is 0 Å². The molecule has 0 unspecified atom stereocenters. The van der Waals surface area contributed by atoms with Gasteiger partial charge in [-0.15, -0.1) is 12.4 Å². The van der Waals surface area contributed by atoms with Crippen LogP contribution in [0.3, 0.4) is 0 Å². The Morgan fingerprint density at radius 2 is 1.82 bits per heavy atom. The molecule has 9 heteroatoms. The maximum atomic E-state index is 13.5. The number of fused-ring (bicyclic) bond motifs is 1. The zero-order valence-corrected chi connectivity index (χ0v) is 19.1. The lowest BCUT2D eigenvalue weighted by molar-refractivity contribution is -0.133. The van der Waals surface area contributed by atoms with Crippen LogP contribution in [-0.4, -0.2) is 36.1 Å². The van der Waals surface area contributed by atoms with E-state index >= 15 is 0 Å². The second-order valence-corrected chi connectivity index (χ2v) is 8.20. The summed E-state index contributed by atoms with van der Waals surface area (Å²) in [6.07, 6.45) is -1.01. The van der Waals surface area contributed by atoms with Crippen LogP contribution in [0.1, 0.15) is 48.1 Å². The Kier molecular flexibility index (Phi) is 10.1. The Morgan fingerprint density at radius 1 is 1.12 bits per heavy atom. The summed E-state index contributed by atoms with van der Waals surface area (Å²) in [5.41, 5.74) is 3.74. The molecule has 0 spiro atoms. The van der Waals surface area contributed by atoms with Crippen molar-refractivity contribution in [2.45, 2.75) is 63.6 Å². The van der Waals surface area contributed by atoms with Crippen molar-refractivity contribution in [3.8, 4) is 0 Å². The molecule has 0 aromatic heterocycles. The van der Waals surface area contributed by atoms with E-state index in [0.717, 1.165) is 43.4 Å². The molecule has 0 aliphatic heterocycles. The first kappa shape index (κ1) is 27.1. The van der Waals surface area contributed by atoms with Gasteiger partial charge in [-0.05, 0) is 66.5 Å². The Balaban J connectivity index is 0.00000385. The van der Waals surface area contributed by atoms with Crippen LogP contribution in [0.25, 0.3) is 0 Å². The van der Waals surface area contributed by atoms with Gasteiger partial charge >= 0.3 is 6.43 Å². The minimum absolute atomic E-state index is 0. The SMILES string of the molecule is CCc1ccc2c(c1)[C@@H](NC[C@@H](O)[C@H](Cc1cc(F)cc(F)c1)NC(=O)C(F)F)CCC2.Cl. The van der Waals surface area contributed by atoms with Crippen molar-refractivity contribution < 1.29 is 27.5 Å². The summed E-state index contributed by atoms with van der Waals surface area (Å²) in [4.78, 5) is 11.6. The van der Waals surface area contributed by atoms with Crippen molar-refractivity contribution in [1.29, 1.82) is 0 Å². The Hall–Kier alpha value is -2.16. The molecule has 3 N–H and O–H groups in total. The third kappa shape index (κ3) is 7.42. The fourth-order valence-electron chi connectivity index (χ4n) is 4.20. The second kappa shape index (κ2) is 12.3. The molecule has 0 saturated carbocycles. The number of carbonyl (C=O) groups excluding carboxylic acids is 1. The molecule has 1 aliphatic rings. The fraction of sp³-hybridized carbons (Fsp3) is 0.458. The molecule has 0 saturated heterocycles. The van der Waals surface area contributed by atoms with Gasteiger partial charge in [-0.1, -0.05) is 25.1 Å². The average molecular weight is 489 g/mol. The van der Waals surface area contributed by atoms with Crippen molar-refractivity contribution in [2.24, 2.45) is 0 Å². The highest BCUT2D eigenvalue weighted by atomic mass is 35.5. The summed E-state index contributed by atoms with van der Waals surface area (Å²) >= 11 is 0. The Morgan fingerprint density at radius 3 is 2.45 bits per heavy atom. The number of aliphatic hydroxyl groups excluding tert-OH is 1. The second-order valence-electron chi connectivity index (χ2n) is 8.20. The summed E-state index contributed by atoms with van der Waals surface area (Å²) in [7, 11) is 0. The smallest absolute Gasteiger partial charge is 0.315 e. The van der Waals surface area contributed by atoms with E-state index in [0.29, 0.717) is 6.07 Å². The monoisotopic (exact) mass is 488 g/mol. The zero-order chi connectivity index (χ0) is 23.3. The van der Waals surface area contributed by atoms with Gasteiger partial charge in [0.15, 0.2) is 0 Å². The van der Waals surface area contributed by atoms with E-state index in [1.54, 1.807) is 0 Å². The molecule has 33 heavy (non-hydrogen) atoms. The van der Waals surface area contributed by atoms with Crippen LogP contribution in [0.15, 0.2) is 36.4 Å². The van der Waals surface area contributed by atoms with Gasteiger partial charge in [0.2, 0.25) is 0 Å². The molecule has 182 valence electrons. The number of aliphatic hydroxyl groups is 1. The fourth-order valence-corrected chi connectivity index (χ4v) is 4.20. The van der Waals surface area contributed by atoms with E-state index in [9.17, 15) is 27.5 Å². The topological polar surface area (TPSA) is 61.4 Å². The predicted molar refractivity (Wildman–Crippen MR) is 121 cm³/mol. The highest BCUT2D eigenvalue weighted by molar-refractivity contribution is 5.85. The number of alkyl halides is 2. The highest BCUT2D eigenvalue weighted by Crippen LogP contribution is 2.30. The third-order valence-corrected chi connectivity index (χ3v) is 5.87. The van der Waals surface area contributed by atoms with Crippen molar-refractivity contribution in [3.63, 3.8) is 0 Å². The lowest BCUT2D eigenvalue weighted by atomic mass is 9.86. The molecule has 1 aliphatic carbocycles. The molecule has 0 heterocycles. The van der Waals surface area contributed by atoms with Crippen molar-refractivity contribution in [2.75, 3.05) is 6.54 Å². The number of aryl methyl sites for hydroxylation is 2. The van der Waals surface area contributed by atoms with E-state index in [4.69, 9.17) is 0 Å². The van der Waals surface area contributed by atoms with Gasteiger partial charge in [-0.3, -0.25) is 4.79 Å². The van der Waals surface area contributed by atoms with Gasteiger partial charge in [0.1, 0.15) is 11.6 Å². The van der Waals surface area contributed by atoms with E-state index in [1.165, 1.54) is 11.1 Å². The summed E-state index contributed by atoms with van der Waals surface area (Å²) in [5, 5.41) is 16.1. The van der Waals surface area contributed by atoms with E-state index < -0.39 is 36.1 Å². The van der Waals surface area contributed by atoms with Crippen LogP contribution in [0.4, 0.5) is 17.6 Å². The average Bonchev–Trinajstić information content (AvgIpc) is 2.75. The quantitative estimate of drug-likeness (QED) is 0.462. The Bertz CT molecular complexity index is 924.